The second kappa shape index (κ2) is 7.27. The molecule has 8 heteroatoms. The van der Waals surface area contributed by atoms with E-state index in [0.29, 0.717) is 12.8 Å². The molecule has 0 bridgehead atoms. The van der Waals surface area contributed by atoms with E-state index < -0.39 is 22.0 Å². The van der Waals surface area contributed by atoms with E-state index in [0.717, 1.165) is 6.07 Å². The molecule has 1 aromatic carbocycles. The van der Waals surface area contributed by atoms with Crippen LogP contribution in [0.3, 0.4) is 0 Å². The molecule has 0 fully saturated rings. The molecule has 0 aromatic heterocycles. The van der Waals surface area contributed by atoms with Crippen molar-refractivity contribution in [2.24, 2.45) is 0 Å². The van der Waals surface area contributed by atoms with Crippen molar-refractivity contribution in [1.29, 1.82) is 0 Å². The number of hydrogen-bond acceptors (Lipinski definition) is 3. The Morgan fingerprint density at radius 2 is 2.19 bits per heavy atom. The zero-order valence-corrected chi connectivity index (χ0v) is 14.2. The molecule has 0 spiro atoms. The van der Waals surface area contributed by atoms with Crippen LogP contribution in [-0.2, 0) is 10.0 Å². The maximum absolute atomic E-state index is 12.3. The fourth-order valence-corrected chi connectivity index (χ4v) is 3.64. The van der Waals surface area contributed by atoms with Crippen molar-refractivity contribution >= 4 is 43.5 Å². The molecule has 1 rings (SSSR count). The number of hydrogen-bond donors (Lipinski definition) is 2. The third-order valence-electron chi connectivity index (χ3n) is 2.62. The van der Waals surface area contributed by atoms with Crippen LogP contribution < -0.4 is 4.72 Å². The maximum atomic E-state index is 12.3. The number of halogens is 2. The van der Waals surface area contributed by atoms with Gasteiger partial charge >= 0.3 is 5.97 Å². The first-order chi connectivity index (χ1) is 9.72. The van der Waals surface area contributed by atoms with E-state index in [1.165, 1.54) is 6.07 Å². The van der Waals surface area contributed by atoms with Gasteiger partial charge < -0.3 is 5.11 Å². The maximum Gasteiger partial charge on any atom is 0.337 e. The molecule has 5 nitrogen and oxygen atoms in total. The molecule has 0 saturated heterocycles. The number of aromatic carboxylic acids is 1. The normalized spacial score (nSPS) is 12.7. The topological polar surface area (TPSA) is 83.5 Å². The summed E-state index contributed by atoms with van der Waals surface area (Å²) in [6.45, 7) is 1.88. The first kappa shape index (κ1) is 18.0. The molecule has 0 aliphatic carbocycles. The highest BCUT2D eigenvalue weighted by atomic mass is 79.9. The van der Waals surface area contributed by atoms with Crippen LogP contribution in [0.4, 0.5) is 0 Å². The van der Waals surface area contributed by atoms with Crippen LogP contribution in [0.15, 0.2) is 21.5 Å². The first-order valence-electron chi connectivity index (χ1n) is 5.93. The number of carboxylic acids is 1. The summed E-state index contributed by atoms with van der Waals surface area (Å²) in [6.07, 6.45) is 6.47. The van der Waals surface area contributed by atoms with Gasteiger partial charge in [0.1, 0.15) is 0 Å². The molecule has 0 amide bonds. The molecular weight excluding hydrogens is 382 g/mol. The Kier molecular flexibility index (Phi) is 6.23. The molecule has 0 heterocycles. The van der Waals surface area contributed by atoms with Crippen molar-refractivity contribution in [3.63, 3.8) is 0 Å². The van der Waals surface area contributed by atoms with Gasteiger partial charge in [0.25, 0.3) is 0 Å². The summed E-state index contributed by atoms with van der Waals surface area (Å²) in [7, 11) is -3.93. The number of rotatable bonds is 6. The molecule has 0 aliphatic rings. The van der Waals surface area contributed by atoms with Gasteiger partial charge in [0.15, 0.2) is 0 Å². The largest absolute Gasteiger partial charge is 0.478 e. The minimum Gasteiger partial charge on any atom is -0.478 e. The van der Waals surface area contributed by atoms with Crippen molar-refractivity contribution < 1.29 is 18.3 Å². The van der Waals surface area contributed by atoms with Gasteiger partial charge in [-0.1, -0.05) is 30.9 Å². The minimum absolute atomic E-state index is 0.0662. The number of benzene rings is 1. The molecule has 0 radical (unpaired) electrons. The SMILES string of the molecule is C#CC(CCC)NS(=O)(=O)c1cc(Br)c(Cl)c(C(=O)O)c1. The lowest BCUT2D eigenvalue weighted by atomic mass is 10.2. The fourth-order valence-electron chi connectivity index (χ4n) is 1.60. The fraction of sp³-hybridized carbons (Fsp3) is 0.308. The lowest BCUT2D eigenvalue weighted by molar-refractivity contribution is 0.0696. The summed E-state index contributed by atoms with van der Waals surface area (Å²) in [5.74, 6) is 1.03. The van der Waals surface area contributed by atoms with Gasteiger partial charge in [-0.2, -0.15) is 4.72 Å². The van der Waals surface area contributed by atoms with E-state index in [1.807, 2.05) is 6.92 Å². The van der Waals surface area contributed by atoms with E-state index in [9.17, 15) is 13.2 Å². The molecule has 1 unspecified atom stereocenters. The van der Waals surface area contributed by atoms with Crippen LogP contribution in [0, 0.1) is 12.3 Å². The zero-order chi connectivity index (χ0) is 16.2. The van der Waals surface area contributed by atoms with Gasteiger partial charge in [-0.25, -0.2) is 13.2 Å². The van der Waals surface area contributed by atoms with E-state index in [4.69, 9.17) is 23.1 Å². The lowest BCUT2D eigenvalue weighted by Gasteiger charge is -2.14. The molecule has 21 heavy (non-hydrogen) atoms. The minimum atomic E-state index is -3.93. The van der Waals surface area contributed by atoms with Crippen LogP contribution in [0.25, 0.3) is 0 Å². The highest BCUT2D eigenvalue weighted by molar-refractivity contribution is 9.10. The predicted molar refractivity (Wildman–Crippen MR) is 84.0 cm³/mol. The smallest absolute Gasteiger partial charge is 0.337 e. The quantitative estimate of drug-likeness (QED) is 0.727. The summed E-state index contributed by atoms with van der Waals surface area (Å²) in [5, 5.41) is 8.97. The van der Waals surface area contributed by atoms with Gasteiger partial charge in [-0.05, 0) is 34.5 Å². The van der Waals surface area contributed by atoms with Crippen molar-refractivity contribution in [1.82, 2.24) is 4.72 Å². The molecule has 1 aromatic rings. The van der Waals surface area contributed by atoms with Crippen LogP contribution in [-0.4, -0.2) is 25.5 Å². The number of carboxylic acid groups (broad SMARTS) is 1. The van der Waals surface area contributed by atoms with Crippen LogP contribution in [0.1, 0.15) is 30.1 Å². The Morgan fingerprint density at radius 3 is 2.67 bits per heavy atom. The number of terminal acetylenes is 1. The summed E-state index contributed by atoms with van der Waals surface area (Å²) in [6, 6.07) is 1.58. The molecule has 0 aliphatic heterocycles. The summed E-state index contributed by atoms with van der Waals surface area (Å²) >= 11 is 8.86. The van der Waals surface area contributed by atoms with Crippen molar-refractivity contribution in [3.05, 3.63) is 27.2 Å². The average Bonchev–Trinajstić information content (AvgIpc) is 2.40. The highest BCUT2D eigenvalue weighted by Crippen LogP contribution is 2.30. The Hall–Kier alpha value is -1.07. The number of sulfonamides is 1. The Balaban J connectivity index is 3.27. The van der Waals surface area contributed by atoms with Gasteiger partial charge in [-0.3, -0.25) is 0 Å². The standard InChI is InChI=1S/C13H13BrClNO4S/c1-3-5-8(4-2)16-21(19,20)9-6-10(13(17)18)12(15)11(14)7-9/h2,6-8,16H,3,5H2,1H3,(H,17,18). The third kappa shape index (κ3) is 4.45. The van der Waals surface area contributed by atoms with Gasteiger partial charge in [0.2, 0.25) is 10.0 Å². The summed E-state index contributed by atoms with van der Waals surface area (Å²) < 4.78 is 27.0. The average molecular weight is 395 g/mol. The molecule has 1 atom stereocenters. The van der Waals surface area contributed by atoms with Crippen molar-refractivity contribution in [2.45, 2.75) is 30.7 Å². The summed E-state index contributed by atoms with van der Waals surface area (Å²) in [4.78, 5) is 10.9. The predicted octanol–water partition coefficient (Wildman–Crippen LogP) is 2.88. The van der Waals surface area contributed by atoms with Crippen LogP contribution >= 0.6 is 27.5 Å². The Morgan fingerprint density at radius 1 is 1.57 bits per heavy atom. The molecule has 0 saturated carbocycles. The van der Waals surface area contributed by atoms with Crippen molar-refractivity contribution in [3.8, 4) is 12.3 Å². The first-order valence-corrected chi connectivity index (χ1v) is 8.59. The monoisotopic (exact) mass is 393 g/mol. The molecule has 114 valence electrons. The second-order valence-corrected chi connectivity index (χ2v) is 7.15. The van der Waals surface area contributed by atoms with Crippen molar-refractivity contribution in [2.75, 3.05) is 0 Å². The van der Waals surface area contributed by atoms with E-state index >= 15 is 0 Å². The zero-order valence-electron chi connectivity index (χ0n) is 11.1. The van der Waals surface area contributed by atoms with Crippen LogP contribution in [0.2, 0.25) is 5.02 Å². The van der Waals surface area contributed by atoms with E-state index in [-0.39, 0.29) is 20.0 Å². The number of carbonyl (C=O) groups is 1. The third-order valence-corrected chi connectivity index (χ3v) is 5.33. The Labute approximate surface area is 136 Å². The highest BCUT2D eigenvalue weighted by Gasteiger charge is 2.23. The van der Waals surface area contributed by atoms with Gasteiger partial charge in [0, 0.05) is 4.47 Å². The molecule has 2 N–H and O–H groups in total. The number of nitrogens with one attached hydrogen (secondary N) is 1. The second-order valence-electron chi connectivity index (χ2n) is 4.20. The van der Waals surface area contributed by atoms with E-state index in [1.54, 1.807) is 0 Å². The lowest BCUT2D eigenvalue weighted by Crippen LogP contribution is -2.33. The van der Waals surface area contributed by atoms with Gasteiger partial charge in [0.05, 0.1) is 21.5 Å². The van der Waals surface area contributed by atoms with E-state index in [2.05, 4.69) is 26.6 Å². The summed E-state index contributed by atoms with van der Waals surface area (Å²) in [5.41, 5.74) is -0.306. The molecular formula is C13H13BrClNO4S. The van der Waals surface area contributed by atoms with Gasteiger partial charge in [-0.15, -0.1) is 6.42 Å². The Bertz CT molecular complexity index is 697. The van der Waals surface area contributed by atoms with Crippen LogP contribution in [0.5, 0.6) is 0 Å².